The van der Waals surface area contributed by atoms with Crippen molar-refractivity contribution in [2.24, 2.45) is 0 Å². The Balaban J connectivity index is 2.14. The molecule has 0 aromatic heterocycles. The number of rotatable bonds is 4. The van der Waals surface area contributed by atoms with Crippen LogP contribution in [0.25, 0.3) is 0 Å². The average molecular weight is 285 g/mol. The van der Waals surface area contributed by atoms with E-state index in [-0.39, 0.29) is 12.3 Å². The molecule has 0 unspecified atom stereocenters. The minimum atomic E-state index is -3.56. The van der Waals surface area contributed by atoms with Crippen LogP contribution in [0.5, 0.6) is 5.75 Å². The zero-order valence-corrected chi connectivity index (χ0v) is 11.1. The first-order chi connectivity index (χ1) is 8.88. The molecule has 0 aliphatic carbocycles. The predicted molar refractivity (Wildman–Crippen MR) is 68.3 cm³/mol. The number of phenolic OH excluding ortho intramolecular Hbond substituents is 1. The molecule has 0 spiro atoms. The monoisotopic (exact) mass is 285 g/mol. The second-order valence-electron chi connectivity index (χ2n) is 4.50. The van der Waals surface area contributed by atoms with Crippen LogP contribution in [0, 0.1) is 0 Å². The number of aliphatic carboxylic acids is 1. The molecule has 2 rings (SSSR count). The van der Waals surface area contributed by atoms with Gasteiger partial charge in [0.25, 0.3) is 0 Å². The van der Waals surface area contributed by atoms with Crippen LogP contribution >= 0.6 is 0 Å². The lowest BCUT2D eigenvalue weighted by molar-refractivity contribution is -0.136. The largest absolute Gasteiger partial charge is 0.508 e. The fourth-order valence-corrected chi connectivity index (χ4v) is 3.50. The molecule has 1 heterocycles. The fourth-order valence-electron chi connectivity index (χ4n) is 2.10. The lowest BCUT2D eigenvalue weighted by Crippen LogP contribution is -2.37. The van der Waals surface area contributed by atoms with Crippen LogP contribution < -0.4 is 0 Å². The maximum Gasteiger partial charge on any atom is 0.304 e. The minimum Gasteiger partial charge on any atom is -0.508 e. The lowest BCUT2D eigenvalue weighted by atomic mass is 10.0. The smallest absolute Gasteiger partial charge is 0.304 e. The van der Waals surface area contributed by atoms with Crippen molar-refractivity contribution < 1.29 is 23.4 Å². The lowest BCUT2D eigenvalue weighted by Gasteiger charge is -2.28. The number of fused-ring (bicyclic) bond motifs is 1. The Kier molecular flexibility index (Phi) is 3.77. The molecule has 0 radical (unpaired) electrons. The number of carboxylic acid groups (broad SMARTS) is 1. The van der Waals surface area contributed by atoms with Gasteiger partial charge < -0.3 is 10.2 Å². The Bertz CT molecular complexity index is 596. The third-order valence-electron chi connectivity index (χ3n) is 3.13. The molecule has 0 saturated heterocycles. The average Bonchev–Trinajstić information content (AvgIpc) is 2.35. The van der Waals surface area contributed by atoms with Crippen molar-refractivity contribution in [3.05, 3.63) is 29.3 Å². The zero-order chi connectivity index (χ0) is 14.0. The molecule has 0 saturated carbocycles. The van der Waals surface area contributed by atoms with E-state index < -0.39 is 28.2 Å². The highest BCUT2D eigenvalue weighted by atomic mass is 32.2. The van der Waals surface area contributed by atoms with Gasteiger partial charge in [0.2, 0.25) is 10.0 Å². The molecule has 1 aromatic carbocycles. The first-order valence-electron chi connectivity index (χ1n) is 5.89. The summed E-state index contributed by atoms with van der Waals surface area (Å²) in [5, 5.41) is 18.0. The van der Waals surface area contributed by atoms with Gasteiger partial charge in [-0.25, -0.2) is 8.42 Å². The molecule has 1 aromatic rings. The van der Waals surface area contributed by atoms with Crippen molar-refractivity contribution in [1.82, 2.24) is 4.31 Å². The Hall–Kier alpha value is -1.60. The summed E-state index contributed by atoms with van der Waals surface area (Å²) in [6.45, 7) is 0.533. The van der Waals surface area contributed by atoms with Crippen molar-refractivity contribution in [2.45, 2.75) is 19.4 Å². The number of aromatic hydroxyl groups is 1. The Labute approximate surface area is 111 Å². The second-order valence-corrected chi connectivity index (χ2v) is 6.58. The summed E-state index contributed by atoms with van der Waals surface area (Å²) in [5.41, 5.74) is 1.78. The highest BCUT2D eigenvalue weighted by Gasteiger charge is 2.27. The Morgan fingerprint density at radius 2 is 2.05 bits per heavy atom. The molecule has 0 atom stereocenters. The van der Waals surface area contributed by atoms with E-state index in [1.807, 2.05) is 0 Å². The third-order valence-corrected chi connectivity index (χ3v) is 4.95. The van der Waals surface area contributed by atoms with Crippen LogP contribution in [0.1, 0.15) is 17.5 Å². The van der Waals surface area contributed by atoms with Crippen LogP contribution in [-0.2, 0) is 27.8 Å². The molecule has 0 bridgehead atoms. The molecule has 19 heavy (non-hydrogen) atoms. The van der Waals surface area contributed by atoms with E-state index in [4.69, 9.17) is 5.11 Å². The maximum absolute atomic E-state index is 12.0. The highest BCUT2D eigenvalue weighted by molar-refractivity contribution is 7.89. The maximum atomic E-state index is 12.0. The van der Waals surface area contributed by atoms with Gasteiger partial charge in [-0.15, -0.1) is 0 Å². The van der Waals surface area contributed by atoms with Crippen molar-refractivity contribution in [2.75, 3.05) is 12.3 Å². The van der Waals surface area contributed by atoms with Crippen LogP contribution in [0.3, 0.4) is 0 Å². The van der Waals surface area contributed by atoms with Crippen LogP contribution in [0.15, 0.2) is 18.2 Å². The van der Waals surface area contributed by atoms with Gasteiger partial charge in [-0.05, 0) is 29.7 Å². The summed E-state index contributed by atoms with van der Waals surface area (Å²) in [4.78, 5) is 10.5. The summed E-state index contributed by atoms with van der Waals surface area (Å²) in [7, 11) is -3.56. The predicted octanol–water partition coefficient (Wildman–Crippen LogP) is 0.555. The van der Waals surface area contributed by atoms with E-state index in [2.05, 4.69) is 0 Å². The van der Waals surface area contributed by atoms with Crippen molar-refractivity contribution in [3.8, 4) is 5.75 Å². The van der Waals surface area contributed by atoms with Gasteiger partial charge in [0.15, 0.2) is 0 Å². The van der Waals surface area contributed by atoms with Crippen LogP contribution in [0.4, 0.5) is 0 Å². The van der Waals surface area contributed by atoms with E-state index in [9.17, 15) is 18.3 Å². The van der Waals surface area contributed by atoms with Crippen LogP contribution in [-0.4, -0.2) is 41.2 Å². The molecule has 6 nitrogen and oxygen atoms in total. The summed E-state index contributed by atoms with van der Waals surface area (Å²) in [6, 6.07) is 4.91. The summed E-state index contributed by atoms with van der Waals surface area (Å²) in [5.74, 6) is -1.42. The van der Waals surface area contributed by atoms with Crippen molar-refractivity contribution >= 4 is 16.0 Å². The quantitative estimate of drug-likeness (QED) is 0.842. The molecule has 0 fully saturated rings. The van der Waals surface area contributed by atoms with E-state index in [1.165, 1.54) is 4.31 Å². The van der Waals surface area contributed by atoms with E-state index in [0.717, 1.165) is 11.1 Å². The minimum absolute atomic E-state index is 0.100. The number of sulfonamides is 1. The molecule has 1 aliphatic heterocycles. The topological polar surface area (TPSA) is 94.9 Å². The SMILES string of the molecule is O=C(O)CCS(=O)(=O)N1CCc2ccc(O)cc2C1. The third kappa shape index (κ3) is 3.24. The molecule has 104 valence electrons. The molecule has 0 amide bonds. The summed E-state index contributed by atoms with van der Waals surface area (Å²) < 4.78 is 25.2. The standard InChI is InChI=1S/C12H15NO5S/c14-11-2-1-9-3-5-13(8-10(9)7-11)19(17,18)6-4-12(15)16/h1-2,7,14H,3-6,8H2,(H,15,16). The van der Waals surface area contributed by atoms with Gasteiger partial charge in [-0.2, -0.15) is 4.31 Å². The number of hydrogen-bond donors (Lipinski definition) is 2. The van der Waals surface area contributed by atoms with E-state index in [1.54, 1.807) is 18.2 Å². The molecular weight excluding hydrogens is 270 g/mol. The fraction of sp³-hybridized carbons (Fsp3) is 0.417. The first kappa shape index (κ1) is 13.8. The summed E-state index contributed by atoms with van der Waals surface area (Å²) >= 11 is 0. The molecule has 1 aliphatic rings. The molecule has 2 N–H and O–H groups in total. The first-order valence-corrected chi connectivity index (χ1v) is 7.50. The van der Waals surface area contributed by atoms with Gasteiger partial charge in [0.05, 0.1) is 12.2 Å². The number of phenols is 1. The molecular formula is C12H15NO5S. The van der Waals surface area contributed by atoms with Gasteiger partial charge in [0, 0.05) is 13.1 Å². The van der Waals surface area contributed by atoms with Gasteiger partial charge in [-0.3, -0.25) is 4.79 Å². The number of carbonyl (C=O) groups is 1. The highest BCUT2D eigenvalue weighted by Crippen LogP contribution is 2.24. The van der Waals surface area contributed by atoms with Crippen molar-refractivity contribution in [1.29, 1.82) is 0 Å². The van der Waals surface area contributed by atoms with Gasteiger partial charge in [0.1, 0.15) is 5.75 Å². The second kappa shape index (κ2) is 5.18. The van der Waals surface area contributed by atoms with Gasteiger partial charge in [-0.1, -0.05) is 6.07 Å². The van der Waals surface area contributed by atoms with Gasteiger partial charge >= 0.3 is 5.97 Å². The normalized spacial score (nSPS) is 16.0. The molecule has 7 heteroatoms. The van der Waals surface area contributed by atoms with Crippen LogP contribution in [0.2, 0.25) is 0 Å². The number of benzene rings is 1. The van der Waals surface area contributed by atoms with E-state index in [0.29, 0.717) is 13.0 Å². The Morgan fingerprint density at radius 1 is 1.32 bits per heavy atom. The Morgan fingerprint density at radius 3 is 2.74 bits per heavy atom. The zero-order valence-electron chi connectivity index (χ0n) is 10.2. The van der Waals surface area contributed by atoms with E-state index >= 15 is 0 Å². The number of carboxylic acids is 1. The number of nitrogens with zero attached hydrogens (tertiary/aromatic N) is 1. The van der Waals surface area contributed by atoms with Crippen molar-refractivity contribution in [3.63, 3.8) is 0 Å². The summed E-state index contributed by atoms with van der Waals surface area (Å²) in [6.07, 6.45) is 0.174. The number of hydrogen-bond acceptors (Lipinski definition) is 4.